The Hall–Kier alpha value is -1.36. The first-order chi connectivity index (χ1) is 8.58. The highest BCUT2D eigenvalue weighted by Gasteiger charge is 2.11. The third kappa shape index (κ3) is 4.14. The Morgan fingerprint density at radius 2 is 2.17 bits per heavy atom. The summed E-state index contributed by atoms with van der Waals surface area (Å²) in [6.45, 7) is 7.73. The average molecular weight is 251 g/mol. The zero-order valence-electron chi connectivity index (χ0n) is 11.9. The molecule has 5 heteroatoms. The van der Waals surface area contributed by atoms with Crippen molar-refractivity contribution in [3.8, 4) is 0 Å². The topological polar surface area (TPSA) is 67.1 Å². The van der Waals surface area contributed by atoms with Crippen molar-refractivity contribution in [2.45, 2.75) is 39.7 Å². The van der Waals surface area contributed by atoms with Gasteiger partial charge in [0.05, 0.1) is 0 Å². The number of aryl methyl sites for hydroxylation is 1. The van der Waals surface area contributed by atoms with E-state index in [0.717, 1.165) is 30.4 Å². The molecule has 102 valence electrons. The van der Waals surface area contributed by atoms with Crippen LogP contribution in [0.5, 0.6) is 0 Å². The smallest absolute Gasteiger partial charge is 0.134 e. The minimum Gasteiger partial charge on any atom is -0.370 e. The van der Waals surface area contributed by atoms with Crippen LogP contribution in [-0.2, 0) is 0 Å². The van der Waals surface area contributed by atoms with Crippen LogP contribution in [0, 0.1) is 6.92 Å². The van der Waals surface area contributed by atoms with E-state index in [-0.39, 0.29) is 6.04 Å². The summed E-state index contributed by atoms with van der Waals surface area (Å²) in [5.41, 5.74) is 5.68. The van der Waals surface area contributed by atoms with Gasteiger partial charge in [0.25, 0.3) is 0 Å². The molecule has 1 atom stereocenters. The molecular formula is C13H25N5. The van der Waals surface area contributed by atoms with E-state index in [2.05, 4.69) is 34.0 Å². The second-order valence-electron chi connectivity index (χ2n) is 4.63. The summed E-state index contributed by atoms with van der Waals surface area (Å²) in [5, 5.41) is 3.33. The molecule has 5 nitrogen and oxygen atoms in total. The Morgan fingerprint density at radius 1 is 1.44 bits per heavy atom. The highest BCUT2D eigenvalue weighted by molar-refractivity contribution is 5.49. The molecular weight excluding hydrogens is 226 g/mol. The van der Waals surface area contributed by atoms with Crippen molar-refractivity contribution in [3.05, 3.63) is 11.9 Å². The number of hydrogen-bond acceptors (Lipinski definition) is 5. The second-order valence-corrected chi connectivity index (χ2v) is 4.63. The van der Waals surface area contributed by atoms with Gasteiger partial charge in [0.15, 0.2) is 0 Å². The van der Waals surface area contributed by atoms with Gasteiger partial charge in [-0.25, -0.2) is 9.97 Å². The third-order valence-corrected chi connectivity index (χ3v) is 3.02. The van der Waals surface area contributed by atoms with Gasteiger partial charge in [-0.1, -0.05) is 13.3 Å². The minimum atomic E-state index is 0.266. The Kier molecular flexibility index (Phi) is 5.85. The lowest BCUT2D eigenvalue weighted by Gasteiger charge is -2.25. The molecule has 1 rings (SSSR count). The molecule has 0 saturated heterocycles. The number of anilines is 2. The molecule has 0 spiro atoms. The minimum absolute atomic E-state index is 0.266. The fourth-order valence-corrected chi connectivity index (χ4v) is 1.60. The van der Waals surface area contributed by atoms with Crippen LogP contribution in [0.25, 0.3) is 0 Å². The lowest BCUT2D eigenvalue weighted by atomic mass is 10.3. The average Bonchev–Trinajstić information content (AvgIpc) is 2.36. The van der Waals surface area contributed by atoms with E-state index in [1.165, 1.54) is 6.42 Å². The van der Waals surface area contributed by atoms with Crippen molar-refractivity contribution in [1.29, 1.82) is 0 Å². The molecule has 1 aromatic heterocycles. The highest BCUT2D eigenvalue weighted by atomic mass is 15.2. The Labute approximate surface area is 110 Å². The maximum Gasteiger partial charge on any atom is 0.134 e. The molecule has 0 bridgehead atoms. The van der Waals surface area contributed by atoms with Crippen LogP contribution in [0.3, 0.4) is 0 Å². The molecule has 0 amide bonds. The van der Waals surface area contributed by atoms with Gasteiger partial charge in [0.1, 0.15) is 17.5 Å². The van der Waals surface area contributed by atoms with Crippen molar-refractivity contribution in [1.82, 2.24) is 9.97 Å². The molecule has 1 aromatic rings. The van der Waals surface area contributed by atoms with Crippen LogP contribution in [0.2, 0.25) is 0 Å². The van der Waals surface area contributed by atoms with E-state index < -0.39 is 0 Å². The second kappa shape index (κ2) is 7.16. The van der Waals surface area contributed by atoms with Crippen LogP contribution in [-0.4, -0.2) is 36.1 Å². The summed E-state index contributed by atoms with van der Waals surface area (Å²) in [4.78, 5) is 10.9. The quantitative estimate of drug-likeness (QED) is 0.723. The van der Waals surface area contributed by atoms with Crippen LogP contribution < -0.4 is 16.0 Å². The molecule has 0 aliphatic rings. The first kappa shape index (κ1) is 14.7. The summed E-state index contributed by atoms with van der Waals surface area (Å²) < 4.78 is 0. The van der Waals surface area contributed by atoms with E-state index in [0.29, 0.717) is 6.54 Å². The van der Waals surface area contributed by atoms with E-state index in [1.54, 1.807) is 0 Å². The van der Waals surface area contributed by atoms with E-state index >= 15 is 0 Å². The summed E-state index contributed by atoms with van der Waals surface area (Å²) >= 11 is 0. The summed E-state index contributed by atoms with van der Waals surface area (Å²) in [6, 6.07) is 2.25. The number of nitrogens with two attached hydrogens (primary N) is 1. The predicted octanol–water partition coefficient (Wildman–Crippen LogP) is 1.78. The van der Waals surface area contributed by atoms with Crippen LogP contribution in [0.15, 0.2) is 6.07 Å². The van der Waals surface area contributed by atoms with Crippen molar-refractivity contribution >= 4 is 11.6 Å². The van der Waals surface area contributed by atoms with Gasteiger partial charge >= 0.3 is 0 Å². The Bertz CT molecular complexity index is 366. The molecule has 0 fully saturated rings. The SMILES string of the molecule is CCCCNc1cc(N(C)C(C)CN)nc(C)n1. The number of nitrogens with one attached hydrogen (secondary N) is 1. The number of nitrogens with zero attached hydrogens (tertiary/aromatic N) is 3. The molecule has 0 radical (unpaired) electrons. The highest BCUT2D eigenvalue weighted by Crippen LogP contribution is 2.16. The van der Waals surface area contributed by atoms with E-state index in [1.807, 2.05) is 20.0 Å². The summed E-state index contributed by atoms with van der Waals surface area (Å²) in [6.07, 6.45) is 2.32. The van der Waals surface area contributed by atoms with Gasteiger partial charge in [0.2, 0.25) is 0 Å². The van der Waals surface area contributed by atoms with Gasteiger partial charge in [-0.05, 0) is 20.3 Å². The van der Waals surface area contributed by atoms with Gasteiger partial charge in [-0.2, -0.15) is 0 Å². The van der Waals surface area contributed by atoms with Crippen molar-refractivity contribution in [3.63, 3.8) is 0 Å². The summed E-state index contributed by atoms with van der Waals surface area (Å²) in [7, 11) is 2.01. The van der Waals surface area contributed by atoms with Crippen LogP contribution in [0.1, 0.15) is 32.5 Å². The first-order valence-corrected chi connectivity index (χ1v) is 6.61. The van der Waals surface area contributed by atoms with Crippen molar-refractivity contribution in [2.75, 3.05) is 30.4 Å². The molecule has 1 heterocycles. The maximum absolute atomic E-state index is 5.68. The van der Waals surface area contributed by atoms with Crippen molar-refractivity contribution < 1.29 is 0 Å². The zero-order chi connectivity index (χ0) is 13.5. The zero-order valence-corrected chi connectivity index (χ0v) is 11.9. The standard InChI is InChI=1S/C13H25N5/c1-5-6-7-15-12-8-13(17-11(3)16-12)18(4)10(2)9-14/h8,10H,5-7,9,14H2,1-4H3,(H,15,16,17). The number of likely N-dealkylation sites (N-methyl/N-ethyl adjacent to an activating group) is 1. The van der Waals surface area contributed by atoms with Gasteiger partial charge in [0, 0.05) is 32.2 Å². The number of rotatable bonds is 7. The number of unbranched alkanes of at least 4 members (excludes halogenated alkanes) is 1. The monoisotopic (exact) mass is 251 g/mol. The molecule has 0 aromatic carbocycles. The molecule has 3 N–H and O–H groups in total. The Balaban J connectivity index is 2.79. The molecule has 1 unspecified atom stereocenters. The lowest BCUT2D eigenvalue weighted by molar-refractivity contribution is 0.685. The van der Waals surface area contributed by atoms with Crippen molar-refractivity contribution in [2.24, 2.45) is 5.73 Å². The van der Waals surface area contributed by atoms with Gasteiger partial charge < -0.3 is 16.0 Å². The largest absolute Gasteiger partial charge is 0.370 e. The molecule has 18 heavy (non-hydrogen) atoms. The number of hydrogen-bond donors (Lipinski definition) is 2. The van der Waals surface area contributed by atoms with Gasteiger partial charge in [-0.15, -0.1) is 0 Å². The lowest BCUT2D eigenvalue weighted by Crippen LogP contribution is -2.36. The predicted molar refractivity (Wildman–Crippen MR) is 77.1 cm³/mol. The fourth-order valence-electron chi connectivity index (χ4n) is 1.60. The number of aromatic nitrogens is 2. The third-order valence-electron chi connectivity index (χ3n) is 3.02. The molecule has 0 aliphatic carbocycles. The molecule has 0 aliphatic heterocycles. The van der Waals surface area contributed by atoms with E-state index in [9.17, 15) is 0 Å². The Morgan fingerprint density at radius 3 is 2.78 bits per heavy atom. The van der Waals surface area contributed by atoms with Crippen LogP contribution >= 0.6 is 0 Å². The normalized spacial score (nSPS) is 12.3. The van der Waals surface area contributed by atoms with E-state index in [4.69, 9.17) is 5.73 Å². The fraction of sp³-hybridized carbons (Fsp3) is 0.692. The molecule has 0 saturated carbocycles. The van der Waals surface area contributed by atoms with Gasteiger partial charge in [-0.3, -0.25) is 0 Å². The first-order valence-electron chi connectivity index (χ1n) is 6.61. The summed E-state index contributed by atoms with van der Waals surface area (Å²) in [5.74, 6) is 2.59. The van der Waals surface area contributed by atoms with Crippen LogP contribution in [0.4, 0.5) is 11.6 Å². The maximum atomic E-state index is 5.68.